The molecule has 136 valence electrons. The van der Waals surface area contributed by atoms with Crippen molar-refractivity contribution in [3.8, 4) is 17.1 Å². The Morgan fingerprint density at radius 1 is 0.929 bits per heavy atom. The molecule has 7 nitrogen and oxygen atoms in total. The molecule has 0 atom stereocenters. The van der Waals surface area contributed by atoms with E-state index in [9.17, 15) is 4.79 Å². The molecule has 0 spiro atoms. The maximum absolute atomic E-state index is 12.5. The lowest BCUT2D eigenvalue weighted by Crippen LogP contribution is -2.19. The van der Waals surface area contributed by atoms with Gasteiger partial charge in [-0.1, -0.05) is 48.5 Å². The van der Waals surface area contributed by atoms with Crippen LogP contribution in [0.15, 0.2) is 90.3 Å². The average Bonchev–Trinajstić information content (AvgIpc) is 3.21. The Balaban J connectivity index is 1.63. The minimum Gasteiger partial charge on any atom is -0.265 e. The lowest BCUT2D eigenvalue weighted by atomic mass is 10.2. The summed E-state index contributed by atoms with van der Waals surface area (Å²) in [7, 11) is 0. The highest BCUT2D eigenvalue weighted by Crippen LogP contribution is 2.20. The summed E-state index contributed by atoms with van der Waals surface area (Å²) in [6.45, 7) is 0. The Morgan fingerprint density at radius 3 is 2.32 bits per heavy atom. The van der Waals surface area contributed by atoms with Gasteiger partial charge in [0, 0.05) is 18.0 Å². The molecule has 1 N–H and O–H groups in total. The van der Waals surface area contributed by atoms with Gasteiger partial charge < -0.3 is 0 Å². The van der Waals surface area contributed by atoms with Crippen LogP contribution in [0.1, 0.15) is 16.2 Å². The fourth-order valence-corrected chi connectivity index (χ4v) is 2.60. The zero-order chi connectivity index (χ0) is 19.2. The molecule has 2 aromatic carbocycles. The standard InChI is InChI=1S/C21H16N6O/c28-21(25-23-15-16-11-13-22-14-12-16)19-24-20(17-7-3-1-4-8-17)27(26-19)18-9-5-2-6-10-18/h1-15H,(H,25,28). The summed E-state index contributed by atoms with van der Waals surface area (Å²) in [5, 5.41) is 8.35. The molecule has 0 unspecified atom stereocenters. The van der Waals surface area contributed by atoms with Gasteiger partial charge in [-0.25, -0.2) is 15.1 Å². The minimum absolute atomic E-state index is 0.0367. The van der Waals surface area contributed by atoms with Crippen LogP contribution in [-0.4, -0.2) is 31.9 Å². The summed E-state index contributed by atoms with van der Waals surface area (Å²) < 4.78 is 1.65. The van der Waals surface area contributed by atoms with E-state index in [-0.39, 0.29) is 5.82 Å². The first-order valence-corrected chi connectivity index (χ1v) is 8.62. The van der Waals surface area contributed by atoms with Crippen LogP contribution in [0.2, 0.25) is 0 Å². The molecule has 0 radical (unpaired) electrons. The quantitative estimate of drug-likeness (QED) is 0.433. The van der Waals surface area contributed by atoms with E-state index in [0.717, 1.165) is 16.8 Å². The number of benzene rings is 2. The van der Waals surface area contributed by atoms with Gasteiger partial charge in [-0.2, -0.15) is 5.10 Å². The predicted octanol–water partition coefficient (Wildman–Crippen LogP) is 3.09. The second-order valence-corrected chi connectivity index (χ2v) is 5.85. The van der Waals surface area contributed by atoms with E-state index in [1.165, 1.54) is 6.21 Å². The highest BCUT2D eigenvalue weighted by atomic mass is 16.2. The van der Waals surface area contributed by atoms with Crippen LogP contribution >= 0.6 is 0 Å². The van der Waals surface area contributed by atoms with Crippen molar-refractivity contribution in [2.75, 3.05) is 0 Å². The fourth-order valence-electron chi connectivity index (χ4n) is 2.60. The topological polar surface area (TPSA) is 85.1 Å². The molecular formula is C21H16N6O. The number of nitrogens with zero attached hydrogens (tertiary/aromatic N) is 5. The summed E-state index contributed by atoms with van der Waals surface area (Å²) in [6, 6.07) is 22.7. The van der Waals surface area contributed by atoms with Gasteiger partial charge in [0.25, 0.3) is 0 Å². The number of hydrazone groups is 1. The Bertz CT molecular complexity index is 1030. The van der Waals surface area contributed by atoms with E-state index in [2.05, 4.69) is 25.6 Å². The van der Waals surface area contributed by atoms with E-state index in [1.54, 1.807) is 29.2 Å². The van der Waals surface area contributed by atoms with Crippen LogP contribution in [0, 0.1) is 0 Å². The zero-order valence-corrected chi connectivity index (χ0v) is 14.8. The summed E-state index contributed by atoms with van der Waals surface area (Å²) in [5.74, 6) is 0.127. The molecule has 0 saturated carbocycles. The summed E-state index contributed by atoms with van der Waals surface area (Å²) in [5.41, 5.74) is 4.96. The van der Waals surface area contributed by atoms with Crippen molar-refractivity contribution in [2.24, 2.45) is 5.10 Å². The number of aromatic nitrogens is 4. The second kappa shape index (κ2) is 8.05. The van der Waals surface area contributed by atoms with Crippen LogP contribution in [0.4, 0.5) is 0 Å². The normalized spacial score (nSPS) is 10.9. The van der Waals surface area contributed by atoms with E-state index in [0.29, 0.717) is 5.82 Å². The number of hydrogen-bond donors (Lipinski definition) is 1. The molecule has 0 aliphatic carbocycles. The minimum atomic E-state index is -0.489. The van der Waals surface area contributed by atoms with E-state index in [1.807, 2.05) is 60.7 Å². The Hall–Kier alpha value is -4.13. The van der Waals surface area contributed by atoms with Crippen molar-refractivity contribution >= 4 is 12.1 Å². The SMILES string of the molecule is O=C(NN=Cc1ccncc1)c1nc(-c2ccccc2)n(-c2ccccc2)n1. The van der Waals surface area contributed by atoms with Gasteiger partial charge in [-0.15, -0.1) is 5.10 Å². The van der Waals surface area contributed by atoms with Crippen LogP contribution in [0.5, 0.6) is 0 Å². The van der Waals surface area contributed by atoms with Crippen LogP contribution in [0.3, 0.4) is 0 Å². The lowest BCUT2D eigenvalue weighted by molar-refractivity contribution is 0.0945. The van der Waals surface area contributed by atoms with Crippen molar-refractivity contribution in [1.82, 2.24) is 25.2 Å². The Morgan fingerprint density at radius 2 is 1.61 bits per heavy atom. The monoisotopic (exact) mass is 368 g/mol. The predicted molar refractivity (Wildman–Crippen MR) is 106 cm³/mol. The van der Waals surface area contributed by atoms with E-state index in [4.69, 9.17) is 0 Å². The third-order valence-corrected chi connectivity index (χ3v) is 3.93. The van der Waals surface area contributed by atoms with Gasteiger partial charge in [-0.05, 0) is 29.8 Å². The van der Waals surface area contributed by atoms with Crippen molar-refractivity contribution in [2.45, 2.75) is 0 Å². The molecule has 7 heteroatoms. The third-order valence-electron chi connectivity index (χ3n) is 3.93. The van der Waals surface area contributed by atoms with Crippen LogP contribution < -0.4 is 5.43 Å². The number of nitrogens with one attached hydrogen (secondary N) is 1. The maximum Gasteiger partial charge on any atom is 0.311 e. The number of hydrogen-bond acceptors (Lipinski definition) is 5. The van der Waals surface area contributed by atoms with Gasteiger partial charge in [-0.3, -0.25) is 9.78 Å². The third kappa shape index (κ3) is 3.83. The summed E-state index contributed by atoms with van der Waals surface area (Å²) in [6.07, 6.45) is 4.84. The molecular weight excluding hydrogens is 352 g/mol. The highest BCUT2D eigenvalue weighted by Gasteiger charge is 2.18. The Kier molecular flexibility index (Phi) is 4.97. The first kappa shape index (κ1) is 17.3. The van der Waals surface area contributed by atoms with Crippen LogP contribution in [0.25, 0.3) is 17.1 Å². The van der Waals surface area contributed by atoms with Gasteiger partial charge in [0.2, 0.25) is 5.82 Å². The number of carbonyl (C=O) groups excluding carboxylic acids is 1. The molecule has 0 fully saturated rings. The molecule has 0 saturated heterocycles. The van der Waals surface area contributed by atoms with E-state index < -0.39 is 5.91 Å². The average molecular weight is 368 g/mol. The van der Waals surface area contributed by atoms with Crippen LogP contribution in [-0.2, 0) is 0 Å². The van der Waals surface area contributed by atoms with Gasteiger partial charge in [0.05, 0.1) is 11.9 Å². The number of amides is 1. The highest BCUT2D eigenvalue weighted by molar-refractivity contribution is 5.92. The van der Waals surface area contributed by atoms with Crippen molar-refractivity contribution in [3.63, 3.8) is 0 Å². The van der Waals surface area contributed by atoms with Gasteiger partial charge in [0.15, 0.2) is 5.82 Å². The maximum atomic E-state index is 12.5. The molecule has 0 bridgehead atoms. The number of rotatable bonds is 5. The molecule has 0 aliphatic heterocycles. The van der Waals surface area contributed by atoms with Crippen molar-refractivity contribution in [3.05, 3.63) is 96.6 Å². The number of carbonyl (C=O) groups is 1. The lowest BCUT2D eigenvalue weighted by Gasteiger charge is -2.05. The second-order valence-electron chi connectivity index (χ2n) is 5.85. The summed E-state index contributed by atoms with van der Waals surface area (Å²) in [4.78, 5) is 20.9. The van der Waals surface area contributed by atoms with Crippen molar-refractivity contribution < 1.29 is 4.79 Å². The molecule has 2 aromatic heterocycles. The largest absolute Gasteiger partial charge is 0.311 e. The molecule has 4 rings (SSSR count). The molecule has 1 amide bonds. The van der Waals surface area contributed by atoms with Gasteiger partial charge >= 0.3 is 5.91 Å². The first-order valence-electron chi connectivity index (χ1n) is 8.62. The Labute approximate surface area is 161 Å². The number of para-hydroxylation sites is 1. The van der Waals surface area contributed by atoms with E-state index >= 15 is 0 Å². The molecule has 28 heavy (non-hydrogen) atoms. The molecule has 4 aromatic rings. The molecule has 0 aliphatic rings. The first-order chi connectivity index (χ1) is 13.8. The summed E-state index contributed by atoms with van der Waals surface area (Å²) >= 11 is 0. The number of pyridine rings is 1. The fraction of sp³-hybridized carbons (Fsp3) is 0. The zero-order valence-electron chi connectivity index (χ0n) is 14.8. The molecule has 2 heterocycles. The van der Waals surface area contributed by atoms with Gasteiger partial charge in [0.1, 0.15) is 0 Å². The van der Waals surface area contributed by atoms with Crippen molar-refractivity contribution in [1.29, 1.82) is 0 Å². The smallest absolute Gasteiger partial charge is 0.265 e.